The number of hydrogen-bond donors (Lipinski definition) is 1. The van der Waals surface area contributed by atoms with E-state index < -0.39 is 0 Å². The van der Waals surface area contributed by atoms with E-state index in [-0.39, 0.29) is 23.8 Å². The van der Waals surface area contributed by atoms with E-state index in [0.717, 1.165) is 23.9 Å². The molecule has 3 aliphatic rings. The molecule has 0 radical (unpaired) electrons. The van der Waals surface area contributed by atoms with Gasteiger partial charge in [0.15, 0.2) is 5.82 Å². The summed E-state index contributed by atoms with van der Waals surface area (Å²) in [5, 5.41) is 3.03. The highest BCUT2D eigenvalue weighted by Gasteiger charge is 2.43. The minimum absolute atomic E-state index is 0.104. The monoisotopic (exact) mass is 524 g/mol. The van der Waals surface area contributed by atoms with Gasteiger partial charge >= 0.3 is 0 Å². The number of anilines is 3. The number of ether oxygens (including phenoxy) is 3. The first kappa shape index (κ1) is 24.2. The van der Waals surface area contributed by atoms with Crippen LogP contribution in [0.1, 0.15) is 24.3 Å². The highest BCUT2D eigenvalue weighted by Crippen LogP contribution is 2.41. The summed E-state index contributed by atoms with van der Waals surface area (Å²) >= 11 is 1.48. The Kier molecular flexibility index (Phi) is 6.72. The van der Waals surface area contributed by atoms with E-state index in [1.807, 2.05) is 24.7 Å². The molecule has 3 fully saturated rings. The molecule has 2 atom stereocenters. The normalized spacial score (nSPS) is 23.0. The number of nitrogens with zero attached hydrogens (tertiary/aromatic N) is 5. The van der Waals surface area contributed by atoms with Gasteiger partial charge < -0.3 is 24.4 Å². The van der Waals surface area contributed by atoms with Crippen molar-refractivity contribution in [2.75, 3.05) is 49.9 Å². The molecule has 4 heterocycles. The summed E-state index contributed by atoms with van der Waals surface area (Å²) in [7, 11) is 1.53. The van der Waals surface area contributed by atoms with Gasteiger partial charge in [-0.3, -0.25) is 0 Å². The van der Waals surface area contributed by atoms with E-state index >= 15 is 0 Å². The Morgan fingerprint density at radius 1 is 1.08 bits per heavy atom. The van der Waals surface area contributed by atoms with Crippen molar-refractivity contribution in [2.45, 2.75) is 29.8 Å². The number of thioether (sulfide) groups is 1. The standard InChI is InChI=1S/C26H29FN6O3S/c1-34-23-24(32-21-6-5-19(37-2)7-20(21)27)30-14-31-25(23)36-22-17-10-33(11-18(22)13-35-12-17)26-28-8-16(9-29-26)15-3-4-15/h5-9,14-15,17-18,22H,3-4,10-13H2,1-2H3,(H,30,31,32). The highest BCUT2D eigenvalue weighted by molar-refractivity contribution is 7.98. The molecule has 9 nitrogen and oxygen atoms in total. The second kappa shape index (κ2) is 10.3. The van der Waals surface area contributed by atoms with Gasteiger partial charge in [-0.2, -0.15) is 4.98 Å². The zero-order chi connectivity index (χ0) is 25.4. The van der Waals surface area contributed by atoms with Crippen LogP contribution in [0.15, 0.2) is 41.8 Å². The molecule has 194 valence electrons. The van der Waals surface area contributed by atoms with Crippen LogP contribution in [0.4, 0.5) is 21.8 Å². The molecule has 11 heteroatoms. The summed E-state index contributed by atoms with van der Waals surface area (Å²) in [5.74, 6) is 2.21. The Morgan fingerprint density at radius 3 is 2.49 bits per heavy atom. The molecular weight excluding hydrogens is 495 g/mol. The molecule has 2 aliphatic heterocycles. The van der Waals surface area contributed by atoms with Crippen LogP contribution in [0.3, 0.4) is 0 Å². The predicted molar refractivity (Wildman–Crippen MR) is 138 cm³/mol. The van der Waals surface area contributed by atoms with Crippen LogP contribution in [0.5, 0.6) is 11.6 Å². The molecule has 1 aromatic carbocycles. The summed E-state index contributed by atoms with van der Waals surface area (Å²) in [6.45, 7) is 2.58. The number of fused-ring (bicyclic) bond motifs is 2. The van der Waals surface area contributed by atoms with Crippen LogP contribution < -0.4 is 19.7 Å². The van der Waals surface area contributed by atoms with E-state index in [1.54, 1.807) is 6.07 Å². The lowest BCUT2D eigenvalue weighted by Gasteiger charge is -2.46. The van der Waals surface area contributed by atoms with Crippen LogP contribution in [0.2, 0.25) is 0 Å². The topological polar surface area (TPSA) is 94.5 Å². The van der Waals surface area contributed by atoms with Gasteiger partial charge in [-0.05, 0) is 48.8 Å². The minimum Gasteiger partial charge on any atom is -0.489 e. The molecule has 1 aliphatic carbocycles. The lowest BCUT2D eigenvalue weighted by Crippen LogP contribution is -2.58. The lowest BCUT2D eigenvalue weighted by atomic mass is 9.84. The molecular formula is C26H29FN6O3S. The maximum absolute atomic E-state index is 14.6. The second-order valence-electron chi connectivity index (χ2n) is 9.67. The molecule has 37 heavy (non-hydrogen) atoms. The highest BCUT2D eigenvalue weighted by atomic mass is 32.2. The van der Waals surface area contributed by atoms with Crippen molar-refractivity contribution in [3.63, 3.8) is 0 Å². The first-order valence-corrected chi connectivity index (χ1v) is 13.7. The Labute approximate surface area is 219 Å². The first-order valence-electron chi connectivity index (χ1n) is 12.4. The quantitative estimate of drug-likeness (QED) is 0.430. The average molecular weight is 525 g/mol. The summed E-state index contributed by atoms with van der Waals surface area (Å²) in [5.41, 5.74) is 1.53. The Bertz CT molecular complexity index is 1250. The SMILES string of the molecule is COc1c(Nc2ccc(SC)cc2F)ncnc1OC1C2COCC1CN(c1ncc(C3CC3)cn1)C2. The van der Waals surface area contributed by atoms with Crippen molar-refractivity contribution in [3.8, 4) is 11.6 Å². The second-order valence-corrected chi connectivity index (χ2v) is 10.5. The summed E-state index contributed by atoms with van der Waals surface area (Å²) in [6, 6.07) is 5.01. The fourth-order valence-electron chi connectivity index (χ4n) is 5.07. The number of piperidine rings is 1. The molecule has 6 rings (SSSR count). The Balaban J connectivity index is 1.19. The molecule has 2 saturated heterocycles. The third-order valence-electron chi connectivity index (χ3n) is 7.14. The predicted octanol–water partition coefficient (Wildman–Crippen LogP) is 4.29. The fraction of sp³-hybridized carbons (Fsp3) is 0.462. The molecule has 1 saturated carbocycles. The Hall–Kier alpha value is -3.18. The molecule has 0 amide bonds. The summed E-state index contributed by atoms with van der Waals surface area (Å²) in [6.07, 6.45) is 9.57. The minimum atomic E-state index is -0.374. The molecule has 1 N–H and O–H groups in total. The van der Waals surface area contributed by atoms with Crippen molar-refractivity contribution < 1.29 is 18.6 Å². The van der Waals surface area contributed by atoms with Gasteiger partial charge in [-0.25, -0.2) is 19.3 Å². The van der Waals surface area contributed by atoms with Crippen LogP contribution in [-0.2, 0) is 4.74 Å². The third kappa shape index (κ3) is 5.02. The van der Waals surface area contributed by atoms with Gasteiger partial charge in [-0.1, -0.05) is 0 Å². The number of hydrogen-bond acceptors (Lipinski definition) is 10. The van der Waals surface area contributed by atoms with Crippen LogP contribution >= 0.6 is 11.8 Å². The van der Waals surface area contributed by atoms with Crippen LogP contribution in [-0.4, -0.2) is 65.7 Å². The van der Waals surface area contributed by atoms with E-state index in [4.69, 9.17) is 14.2 Å². The van der Waals surface area contributed by atoms with Crippen LogP contribution in [0.25, 0.3) is 0 Å². The lowest BCUT2D eigenvalue weighted by molar-refractivity contribution is -0.0775. The van der Waals surface area contributed by atoms with E-state index in [2.05, 4.69) is 30.2 Å². The van der Waals surface area contributed by atoms with Gasteiger partial charge in [0, 0.05) is 42.2 Å². The zero-order valence-electron chi connectivity index (χ0n) is 20.8. The van der Waals surface area contributed by atoms with Crippen molar-refractivity contribution in [1.29, 1.82) is 0 Å². The van der Waals surface area contributed by atoms with Gasteiger partial charge in [0.1, 0.15) is 18.2 Å². The van der Waals surface area contributed by atoms with E-state index in [0.29, 0.717) is 42.3 Å². The number of nitrogens with one attached hydrogen (secondary N) is 1. The van der Waals surface area contributed by atoms with Gasteiger partial charge in [0.05, 0.1) is 26.0 Å². The summed E-state index contributed by atoms with van der Waals surface area (Å²) in [4.78, 5) is 21.0. The number of rotatable bonds is 8. The summed E-state index contributed by atoms with van der Waals surface area (Å²) < 4.78 is 32.6. The largest absolute Gasteiger partial charge is 0.489 e. The first-order chi connectivity index (χ1) is 18.1. The number of methoxy groups -OCH3 is 1. The number of aromatic nitrogens is 4. The maximum atomic E-state index is 14.6. The smallest absolute Gasteiger partial charge is 0.262 e. The van der Waals surface area contributed by atoms with Crippen LogP contribution in [0, 0.1) is 17.7 Å². The van der Waals surface area contributed by atoms with Gasteiger partial charge in [-0.15, -0.1) is 11.8 Å². The molecule has 2 aromatic heterocycles. The van der Waals surface area contributed by atoms with Gasteiger partial charge in [0.25, 0.3) is 5.88 Å². The van der Waals surface area contributed by atoms with Crippen molar-refractivity contribution in [1.82, 2.24) is 19.9 Å². The van der Waals surface area contributed by atoms with Crippen molar-refractivity contribution in [2.24, 2.45) is 11.8 Å². The van der Waals surface area contributed by atoms with Crippen molar-refractivity contribution in [3.05, 3.63) is 48.3 Å². The average Bonchev–Trinajstić information content (AvgIpc) is 3.76. The Morgan fingerprint density at radius 2 is 1.84 bits per heavy atom. The molecule has 2 unspecified atom stereocenters. The maximum Gasteiger partial charge on any atom is 0.262 e. The zero-order valence-corrected chi connectivity index (χ0v) is 21.6. The third-order valence-corrected chi connectivity index (χ3v) is 7.87. The fourth-order valence-corrected chi connectivity index (χ4v) is 5.50. The molecule has 2 bridgehead atoms. The van der Waals surface area contributed by atoms with E-state index in [1.165, 1.54) is 49.7 Å². The van der Waals surface area contributed by atoms with E-state index in [9.17, 15) is 4.39 Å². The van der Waals surface area contributed by atoms with Crippen molar-refractivity contribution >= 4 is 29.2 Å². The number of halogens is 1. The molecule has 0 spiro atoms. The molecule has 3 aromatic rings. The van der Waals surface area contributed by atoms with Gasteiger partial charge in [0.2, 0.25) is 11.7 Å². The number of benzene rings is 1.